The molecule has 0 radical (unpaired) electrons. The number of rotatable bonds is 3. The van der Waals surface area contributed by atoms with Gasteiger partial charge < -0.3 is 4.90 Å². The van der Waals surface area contributed by atoms with Crippen LogP contribution in [0.15, 0.2) is 35.4 Å². The maximum absolute atomic E-state index is 12.0. The molecule has 3 aromatic heterocycles. The van der Waals surface area contributed by atoms with Crippen LogP contribution in [0.1, 0.15) is 11.3 Å². The van der Waals surface area contributed by atoms with Crippen LogP contribution in [0.4, 0.5) is 5.13 Å². The van der Waals surface area contributed by atoms with Crippen molar-refractivity contribution in [1.29, 1.82) is 0 Å². The van der Waals surface area contributed by atoms with Gasteiger partial charge in [-0.2, -0.15) is 4.52 Å². The third-order valence-electron chi connectivity index (χ3n) is 4.13. The van der Waals surface area contributed by atoms with E-state index in [9.17, 15) is 4.79 Å². The molecule has 7 nitrogen and oxygen atoms in total. The van der Waals surface area contributed by atoms with Gasteiger partial charge in [-0.05, 0) is 18.6 Å². The van der Waals surface area contributed by atoms with Gasteiger partial charge in [-0.3, -0.25) is 14.7 Å². The van der Waals surface area contributed by atoms with Gasteiger partial charge in [0.05, 0.1) is 0 Å². The second kappa shape index (κ2) is 6.29. The van der Waals surface area contributed by atoms with Crippen LogP contribution in [0.2, 0.25) is 0 Å². The number of anilines is 1. The molecule has 8 heteroatoms. The number of hydrogen-bond acceptors (Lipinski definition) is 7. The van der Waals surface area contributed by atoms with E-state index in [0.29, 0.717) is 4.96 Å². The SMILES string of the molecule is Cc1cc(=O)n2nc(N3CCN(Cc4cccnc4)CC3)sc2n1. The maximum Gasteiger partial charge on any atom is 0.275 e. The first-order valence-electron chi connectivity index (χ1n) is 7.93. The van der Waals surface area contributed by atoms with Gasteiger partial charge in [-0.1, -0.05) is 17.4 Å². The molecule has 3 aromatic rings. The molecule has 1 fully saturated rings. The van der Waals surface area contributed by atoms with Crippen molar-refractivity contribution in [2.75, 3.05) is 31.1 Å². The molecule has 0 bridgehead atoms. The molecule has 24 heavy (non-hydrogen) atoms. The first-order valence-corrected chi connectivity index (χ1v) is 8.74. The van der Waals surface area contributed by atoms with Crippen LogP contribution in [0.25, 0.3) is 4.96 Å². The first kappa shape index (κ1) is 15.2. The van der Waals surface area contributed by atoms with Gasteiger partial charge in [0, 0.05) is 56.9 Å². The Balaban J connectivity index is 1.46. The summed E-state index contributed by atoms with van der Waals surface area (Å²) in [4.78, 5) is 25.9. The van der Waals surface area contributed by atoms with E-state index < -0.39 is 0 Å². The summed E-state index contributed by atoms with van der Waals surface area (Å²) in [5, 5.41) is 5.31. The van der Waals surface area contributed by atoms with Gasteiger partial charge in [-0.25, -0.2) is 4.98 Å². The summed E-state index contributed by atoms with van der Waals surface area (Å²) in [6.45, 7) is 6.47. The smallest absolute Gasteiger partial charge is 0.275 e. The van der Waals surface area contributed by atoms with Crippen LogP contribution in [-0.4, -0.2) is 50.7 Å². The van der Waals surface area contributed by atoms with Gasteiger partial charge in [0.2, 0.25) is 10.1 Å². The van der Waals surface area contributed by atoms with E-state index in [1.165, 1.54) is 27.5 Å². The minimum atomic E-state index is -0.116. The summed E-state index contributed by atoms with van der Waals surface area (Å²) in [5.74, 6) is 0. The molecular formula is C16H18N6OS. The van der Waals surface area contributed by atoms with Crippen LogP contribution < -0.4 is 10.5 Å². The van der Waals surface area contributed by atoms with E-state index in [2.05, 4.69) is 30.9 Å². The Morgan fingerprint density at radius 3 is 2.83 bits per heavy atom. The fraction of sp³-hybridized carbons (Fsp3) is 0.375. The van der Waals surface area contributed by atoms with E-state index in [-0.39, 0.29) is 5.56 Å². The molecule has 4 heterocycles. The van der Waals surface area contributed by atoms with Gasteiger partial charge in [0.1, 0.15) is 0 Å². The molecule has 124 valence electrons. The Morgan fingerprint density at radius 2 is 2.08 bits per heavy atom. The lowest BCUT2D eigenvalue weighted by Gasteiger charge is -2.34. The minimum Gasteiger partial charge on any atom is -0.344 e. The molecular weight excluding hydrogens is 324 g/mol. The summed E-state index contributed by atoms with van der Waals surface area (Å²) >= 11 is 1.48. The summed E-state index contributed by atoms with van der Waals surface area (Å²) in [7, 11) is 0. The second-order valence-electron chi connectivity index (χ2n) is 5.94. The first-order chi connectivity index (χ1) is 11.7. The fourth-order valence-electron chi connectivity index (χ4n) is 2.89. The van der Waals surface area contributed by atoms with Crippen LogP contribution in [-0.2, 0) is 6.54 Å². The maximum atomic E-state index is 12.0. The van der Waals surface area contributed by atoms with Gasteiger partial charge in [0.15, 0.2) is 0 Å². The van der Waals surface area contributed by atoms with Crippen molar-refractivity contribution in [3.05, 3.63) is 52.2 Å². The van der Waals surface area contributed by atoms with E-state index in [4.69, 9.17) is 0 Å². The third kappa shape index (κ3) is 3.02. The molecule has 0 amide bonds. The van der Waals surface area contributed by atoms with E-state index in [1.54, 1.807) is 6.20 Å². The fourth-order valence-corrected chi connectivity index (χ4v) is 3.89. The molecule has 0 unspecified atom stereocenters. The van der Waals surface area contributed by atoms with Crippen molar-refractivity contribution in [3.63, 3.8) is 0 Å². The Hall–Kier alpha value is -2.32. The zero-order valence-electron chi connectivity index (χ0n) is 13.4. The van der Waals surface area contributed by atoms with Gasteiger partial charge in [0.25, 0.3) is 5.56 Å². The third-order valence-corrected chi connectivity index (χ3v) is 5.10. The predicted molar refractivity (Wildman–Crippen MR) is 93.6 cm³/mol. The number of nitrogens with zero attached hydrogens (tertiary/aromatic N) is 6. The lowest BCUT2D eigenvalue weighted by molar-refractivity contribution is 0.249. The molecule has 0 atom stereocenters. The number of hydrogen-bond donors (Lipinski definition) is 0. The van der Waals surface area contributed by atoms with Gasteiger partial charge in [-0.15, -0.1) is 5.10 Å². The second-order valence-corrected chi connectivity index (χ2v) is 6.87. The van der Waals surface area contributed by atoms with E-state index in [0.717, 1.165) is 43.5 Å². The molecule has 1 aliphatic heterocycles. The number of piperazine rings is 1. The quantitative estimate of drug-likeness (QED) is 0.712. The predicted octanol–water partition coefficient (Wildman–Crippen LogP) is 1.18. The highest BCUT2D eigenvalue weighted by Gasteiger charge is 2.20. The average molecular weight is 342 g/mol. The molecule has 1 saturated heterocycles. The highest BCUT2D eigenvalue weighted by Crippen LogP contribution is 2.22. The molecule has 4 rings (SSSR count). The lowest BCUT2D eigenvalue weighted by Crippen LogP contribution is -2.46. The molecule has 0 aromatic carbocycles. The van der Waals surface area contributed by atoms with Crippen molar-refractivity contribution < 1.29 is 0 Å². The number of aryl methyl sites for hydroxylation is 1. The van der Waals surface area contributed by atoms with Crippen molar-refractivity contribution >= 4 is 21.4 Å². The normalized spacial score (nSPS) is 16.0. The van der Waals surface area contributed by atoms with Crippen LogP contribution >= 0.6 is 11.3 Å². The molecule has 0 aliphatic carbocycles. The Bertz CT molecular complexity index is 898. The summed E-state index contributed by atoms with van der Waals surface area (Å²) in [6, 6.07) is 5.59. The molecule has 0 saturated carbocycles. The van der Waals surface area contributed by atoms with Crippen molar-refractivity contribution in [3.8, 4) is 0 Å². The van der Waals surface area contributed by atoms with Crippen molar-refractivity contribution in [2.45, 2.75) is 13.5 Å². The highest BCUT2D eigenvalue weighted by atomic mass is 32.1. The van der Waals surface area contributed by atoms with E-state index in [1.807, 2.05) is 19.2 Å². The van der Waals surface area contributed by atoms with Crippen LogP contribution in [0.5, 0.6) is 0 Å². The Labute approximate surface area is 143 Å². The minimum absolute atomic E-state index is 0.116. The van der Waals surface area contributed by atoms with E-state index >= 15 is 0 Å². The summed E-state index contributed by atoms with van der Waals surface area (Å²) in [5.41, 5.74) is 1.85. The lowest BCUT2D eigenvalue weighted by atomic mass is 10.2. The number of pyridine rings is 1. The monoisotopic (exact) mass is 342 g/mol. The van der Waals surface area contributed by atoms with Crippen molar-refractivity contribution in [2.24, 2.45) is 0 Å². The summed E-state index contributed by atoms with van der Waals surface area (Å²) in [6.07, 6.45) is 3.71. The number of aromatic nitrogens is 4. The topological polar surface area (TPSA) is 66.6 Å². The standard InChI is InChI=1S/C16H18N6OS/c1-12-9-14(23)22-15(18-12)24-16(19-22)21-7-5-20(6-8-21)11-13-3-2-4-17-10-13/h2-4,9-10H,5-8,11H2,1H3. The van der Waals surface area contributed by atoms with Crippen molar-refractivity contribution in [1.82, 2.24) is 24.5 Å². The molecule has 0 spiro atoms. The average Bonchev–Trinajstić information content (AvgIpc) is 3.01. The molecule has 1 aliphatic rings. The Kier molecular flexibility index (Phi) is 3.99. The number of fused-ring (bicyclic) bond motifs is 1. The zero-order chi connectivity index (χ0) is 16.5. The largest absolute Gasteiger partial charge is 0.344 e. The van der Waals surface area contributed by atoms with Crippen LogP contribution in [0.3, 0.4) is 0 Å². The Morgan fingerprint density at radius 1 is 1.25 bits per heavy atom. The van der Waals surface area contributed by atoms with Crippen LogP contribution in [0, 0.1) is 6.92 Å². The molecule has 0 N–H and O–H groups in total. The van der Waals surface area contributed by atoms with Gasteiger partial charge >= 0.3 is 0 Å². The zero-order valence-corrected chi connectivity index (χ0v) is 14.2. The summed E-state index contributed by atoms with van der Waals surface area (Å²) < 4.78 is 1.40. The highest BCUT2D eigenvalue weighted by molar-refractivity contribution is 7.20.